The van der Waals surface area contributed by atoms with Crippen molar-refractivity contribution in [2.24, 2.45) is 0 Å². The third-order valence-corrected chi connectivity index (χ3v) is 3.04. The standard InChI is InChI=1S/C11H9Cl2NO3/c1-5(15)14-9-6-2-3-7(11(13)16)10(6)17-4-8(9)12/h4H,2-3H2,1H3,(H,14,15). The molecule has 0 atom stereocenters. The first-order valence-electron chi connectivity index (χ1n) is 4.97. The van der Waals surface area contributed by atoms with E-state index in [0.29, 0.717) is 34.9 Å². The molecule has 0 aromatic carbocycles. The molecule has 0 spiro atoms. The number of rotatable bonds is 2. The Kier molecular flexibility index (Phi) is 3.26. The van der Waals surface area contributed by atoms with E-state index < -0.39 is 5.24 Å². The van der Waals surface area contributed by atoms with Gasteiger partial charge in [-0.15, -0.1) is 0 Å². The summed E-state index contributed by atoms with van der Waals surface area (Å²) in [5.41, 5.74) is 1.63. The summed E-state index contributed by atoms with van der Waals surface area (Å²) >= 11 is 11.4. The van der Waals surface area contributed by atoms with Gasteiger partial charge in [0.25, 0.3) is 5.24 Å². The summed E-state index contributed by atoms with van der Waals surface area (Å²) < 4.78 is 5.27. The predicted octanol–water partition coefficient (Wildman–Crippen LogP) is 2.30. The minimum absolute atomic E-state index is 0.231. The largest absolute Gasteiger partial charge is 0.463 e. The third-order valence-electron chi connectivity index (χ3n) is 2.53. The Labute approximate surface area is 108 Å². The number of carbonyl (C=O) groups is 2. The Morgan fingerprint density at radius 2 is 2.12 bits per heavy atom. The van der Waals surface area contributed by atoms with Crippen molar-refractivity contribution in [3.63, 3.8) is 0 Å². The summed E-state index contributed by atoms with van der Waals surface area (Å²) in [6, 6.07) is 0. The number of halogens is 2. The monoisotopic (exact) mass is 273 g/mol. The molecule has 0 saturated carbocycles. The van der Waals surface area contributed by atoms with Crippen molar-refractivity contribution in [1.29, 1.82) is 0 Å². The zero-order chi connectivity index (χ0) is 12.6. The SMILES string of the molecule is CC(=O)NC1=C2CCC(C(=O)Cl)=C2OC=C1Cl. The van der Waals surface area contributed by atoms with Gasteiger partial charge in [0.05, 0.1) is 16.3 Å². The van der Waals surface area contributed by atoms with Crippen LogP contribution >= 0.6 is 23.2 Å². The number of carbonyl (C=O) groups excluding carboxylic acids is 2. The number of hydrogen-bond acceptors (Lipinski definition) is 3. The van der Waals surface area contributed by atoms with Gasteiger partial charge in [-0.05, 0) is 24.4 Å². The van der Waals surface area contributed by atoms with Crippen LogP contribution in [0.3, 0.4) is 0 Å². The molecule has 4 nitrogen and oxygen atoms in total. The van der Waals surface area contributed by atoms with E-state index >= 15 is 0 Å². The van der Waals surface area contributed by atoms with Gasteiger partial charge in [-0.3, -0.25) is 9.59 Å². The fraction of sp³-hybridized carbons (Fsp3) is 0.273. The normalized spacial score (nSPS) is 18.6. The van der Waals surface area contributed by atoms with Gasteiger partial charge in [-0.25, -0.2) is 0 Å². The van der Waals surface area contributed by atoms with Crippen molar-refractivity contribution < 1.29 is 14.3 Å². The maximum absolute atomic E-state index is 11.2. The molecule has 2 rings (SSSR count). The van der Waals surface area contributed by atoms with Crippen LogP contribution in [-0.4, -0.2) is 11.1 Å². The van der Waals surface area contributed by atoms with E-state index in [1.807, 2.05) is 0 Å². The predicted molar refractivity (Wildman–Crippen MR) is 63.0 cm³/mol. The Bertz CT molecular complexity index is 503. The van der Waals surface area contributed by atoms with E-state index in [4.69, 9.17) is 27.9 Å². The summed E-state index contributed by atoms with van der Waals surface area (Å²) in [5.74, 6) is 0.184. The first-order valence-corrected chi connectivity index (χ1v) is 5.73. The summed E-state index contributed by atoms with van der Waals surface area (Å²) in [5, 5.41) is 2.40. The first-order chi connectivity index (χ1) is 8.00. The highest BCUT2D eigenvalue weighted by molar-refractivity contribution is 6.67. The Morgan fingerprint density at radius 1 is 1.41 bits per heavy atom. The number of fused-ring (bicyclic) bond motifs is 1. The number of ether oxygens (including phenoxy) is 1. The molecule has 1 aliphatic carbocycles. The molecule has 0 unspecified atom stereocenters. The highest BCUT2D eigenvalue weighted by atomic mass is 35.5. The maximum atomic E-state index is 11.2. The molecule has 1 amide bonds. The Morgan fingerprint density at radius 3 is 2.71 bits per heavy atom. The second-order valence-electron chi connectivity index (χ2n) is 3.70. The van der Waals surface area contributed by atoms with Gasteiger partial charge in [-0.2, -0.15) is 0 Å². The summed E-state index contributed by atoms with van der Waals surface area (Å²) in [4.78, 5) is 22.3. The lowest BCUT2D eigenvalue weighted by Crippen LogP contribution is -2.23. The van der Waals surface area contributed by atoms with E-state index in [9.17, 15) is 9.59 Å². The van der Waals surface area contributed by atoms with Crippen LogP contribution in [0.5, 0.6) is 0 Å². The summed E-state index contributed by atoms with van der Waals surface area (Å²) in [6.45, 7) is 1.39. The van der Waals surface area contributed by atoms with E-state index in [0.717, 1.165) is 5.57 Å². The van der Waals surface area contributed by atoms with E-state index in [2.05, 4.69) is 5.32 Å². The van der Waals surface area contributed by atoms with Crippen LogP contribution in [-0.2, 0) is 14.3 Å². The Hall–Kier alpha value is -1.26. The molecule has 1 aliphatic heterocycles. The summed E-state index contributed by atoms with van der Waals surface area (Å²) in [6.07, 6.45) is 2.35. The third kappa shape index (κ3) is 2.23. The molecule has 90 valence electrons. The van der Waals surface area contributed by atoms with Crippen LogP contribution in [0, 0.1) is 0 Å². The lowest BCUT2D eigenvalue weighted by atomic mass is 10.1. The van der Waals surface area contributed by atoms with Crippen LogP contribution in [0.15, 0.2) is 33.9 Å². The quantitative estimate of drug-likeness (QED) is 0.786. The number of hydrogen-bond donors (Lipinski definition) is 1. The molecule has 17 heavy (non-hydrogen) atoms. The molecule has 0 aromatic heterocycles. The average molecular weight is 274 g/mol. The Balaban J connectivity index is 2.47. The lowest BCUT2D eigenvalue weighted by molar-refractivity contribution is -0.118. The smallest absolute Gasteiger partial charge is 0.252 e. The highest BCUT2D eigenvalue weighted by Gasteiger charge is 2.31. The van der Waals surface area contributed by atoms with E-state index in [1.54, 1.807) is 0 Å². The van der Waals surface area contributed by atoms with E-state index in [1.165, 1.54) is 13.2 Å². The van der Waals surface area contributed by atoms with Crippen molar-refractivity contribution in [3.05, 3.63) is 33.9 Å². The van der Waals surface area contributed by atoms with Crippen molar-refractivity contribution in [2.75, 3.05) is 0 Å². The molecular formula is C11H9Cl2NO3. The zero-order valence-corrected chi connectivity index (χ0v) is 10.5. The molecule has 2 aliphatic rings. The number of amides is 1. The molecule has 0 fully saturated rings. The molecule has 0 aromatic rings. The van der Waals surface area contributed by atoms with Gasteiger partial charge in [-0.1, -0.05) is 11.6 Å². The van der Waals surface area contributed by atoms with Crippen LogP contribution in [0.2, 0.25) is 0 Å². The minimum atomic E-state index is -0.538. The van der Waals surface area contributed by atoms with Crippen molar-refractivity contribution in [3.8, 4) is 0 Å². The average Bonchev–Trinajstić information content (AvgIpc) is 2.65. The van der Waals surface area contributed by atoms with Crippen LogP contribution < -0.4 is 5.32 Å². The van der Waals surface area contributed by atoms with Crippen molar-refractivity contribution in [2.45, 2.75) is 19.8 Å². The molecule has 0 bridgehead atoms. The fourth-order valence-electron chi connectivity index (χ4n) is 1.85. The lowest BCUT2D eigenvalue weighted by Gasteiger charge is -2.18. The molecule has 1 heterocycles. The van der Waals surface area contributed by atoms with Crippen molar-refractivity contribution >= 4 is 34.4 Å². The second-order valence-corrected chi connectivity index (χ2v) is 4.45. The number of allylic oxidation sites excluding steroid dienone is 3. The van der Waals surface area contributed by atoms with Crippen LogP contribution in [0.4, 0.5) is 0 Å². The van der Waals surface area contributed by atoms with Gasteiger partial charge in [0, 0.05) is 12.5 Å². The van der Waals surface area contributed by atoms with Crippen LogP contribution in [0.25, 0.3) is 0 Å². The van der Waals surface area contributed by atoms with Gasteiger partial charge < -0.3 is 10.1 Å². The van der Waals surface area contributed by atoms with Gasteiger partial charge in [0.1, 0.15) is 12.0 Å². The van der Waals surface area contributed by atoms with Crippen molar-refractivity contribution in [1.82, 2.24) is 5.32 Å². The van der Waals surface area contributed by atoms with Gasteiger partial charge in [0.2, 0.25) is 5.91 Å². The second kappa shape index (κ2) is 4.55. The zero-order valence-electron chi connectivity index (χ0n) is 8.97. The fourth-order valence-corrected chi connectivity index (χ4v) is 2.24. The molecule has 6 heteroatoms. The molecule has 0 saturated heterocycles. The molecule has 1 N–H and O–H groups in total. The highest BCUT2D eigenvalue weighted by Crippen LogP contribution is 2.40. The topological polar surface area (TPSA) is 55.4 Å². The first kappa shape index (κ1) is 12.2. The van der Waals surface area contributed by atoms with Gasteiger partial charge in [0.15, 0.2) is 0 Å². The number of nitrogens with one attached hydrogen (secondary N) is 1. The van der Waals surface area contributed by atoms with E-state index in [-0.39, 0.29) is 5.91 Å². The molecular weight excluding hydrogens is 265 g/mol. The van der Waals surface area contributed by atoms with Gasteiger partial charge >= 0.3 is 0 Å². The van der Waals surface area contributed by atoms with Crippen LogP contribution in [0.1, 0.15) is 19.8 Å². The summed E-state index contributed by atoms with van der Waals surface area (Å²) in [7, 11) is 0. The molecule has 0 radical (unpaired) electrons. The maximum Gasteiger partial charge on any atom is 0.252 e. The minimum Gasteiger partial charge on any atom is -0.463 e.